The van der Waals surface area contributed by atoms with Crippen molar-refractivity contribution in [3.63, 3.8) is 0 Å². The Kier molecular flexibility index (Phi) is 2.20. The highest BCUT2D eigenvalue weighted by atomic mass is 19.3. The van der Waals surface area contributed by atoms with Crippen molar-refractivity contribution in [2.24, 2.45) is 0 Å². The monoisotopic (exact) mass is 161 g/mol. The summed E-state index contributed by atoms with van der Waals surface area (Å²) in [6.45, 7) is -2.86. The van der Waals surface area contributed by atoms with Gasteiger partial charge in [0.05, 0.1) is 0 Å². The first-order chi connectivity index (χ1) is 5.18. The lowest BCUT2D eigenvalue weighted by atomic mass is 10.5. The fourth-order valence-corrected chi connectivity index (χ4v) is 0.572. The minimum absolute atomic E-state index is 0.0559. The fourth-order valence-electron chi connectivity index (χ4n) is 0.572. The molecule has 0 saturated heterocycles. The molecule has 0 fully saturated rings. The molecule has 11 heavy (non-hydrogen) atoms. The second-order valence-corrected chi connectivity index (χ2v) is 1.77. The summed E-state index contributed by atoms with van der Waals surface area (Å²) in [5.41, 5.74) is -0.355. The first-order valence-electron chi connectivity index (χ1n) is 2.82. The second-order valence-electron chi connectivity index (χ2n) is 1.77. The van der Waals surface area contributed by atoms with Crippen molar-refractivity contribution < 1.29 is 13.5 Å². The van der Waals surface area contributed by atoms with Crippen LogP contribution < -0.4 is 10.3 Å². The van der Waals surface area contributed by atoms with Crippen molar-refractivity contribution >= 4 is 0 Å². The second kappa shape index (κ2) is 3.14. The van der Waals surface area contributed by atoms with E-state index in [1.165, 1.54) is 6.07 Å². The van der Waals surface area contributed by atoms with Crippen molar-refractivity contribution in [3.8, 4) is 5.75 Å². The van der Waals surface area contributed by atoms with Gasteiger partial charge in [-0.3, -0.25) is 4.79 Å². The molecule has 0 spiro atoms. The molecule has 0 aliphatic carbocycles. The molecule has 60 valence electrons. The number of nitrogens with one attached hydrogen (secondary N) is 1. The van der Waals surface area contributed by atoms with Crippen LogP contribution in [0.25, 0.3) is 0 Å². The average molecular weight is 161 g/mol. The third-order valence-corrected chi connectivity index (χ3v) is 0.981. The van der Waals surface area contributed by atoms with Crippen molar-refractivity contribution in [1.29, 1.82) is 0 Å². The molecule has 3 nitrogen and oxygen atoms in total. The zero-order valence-electron chi connectivity index (χ0n) is 5.38. The lowest BCUT2D eigenvalue weighted by molar-refractivity contribution is -0.0500. The van der Waals surface area contributed by atoms with Crippen LogP contribution >= 0.6 is 0 Å². The molecule has 0 aromatic carbocycles. The summed E-state index contributed by atoms with van der Waals surface area (Å²) in [6.07, 6.45) is 1.08. The number of aromatic nitrogens is 1. The van der Waals surface area contributed by atoms with Gasteiger partial charge in [-0.15, -0.1) is 0 Å². The van der Waals surface area contributed by atoms with Gasteiger partial charge in [-0.1, -0.05) is 0 Å². The number of H-pyrrole nitrogens is 1. The topological polar surface area (TPSA) is 42.1 Å². The van der Waals surface area contributed by atoms with E-state index in [0.717, 1.165) is 12.3 Å². The summed E-state index contributed by atoms with van der Waals surface area (Å²) in [7, 11) is 0. The van der Waals surface area contributed by atoms with Crippen LogP contribution in [0.1, 0.15) is 0 Å². The Balaban J connectivity index is 2.74. The van der Waals surface area contributed by atoms with Crippen molar-refractivity contribution in [2.75, 3.05) is 0 Å². The summed E-state index contributed by atoms with van der Waals surface area (Å²) < 4.78 is 27.0. The largest absolute Gasteiger partial charge is 0.433 e. The maximum absolute atomic E-state index is 11.5. The third-order valence-electron chi connectivity index (χ3n) is 0.981. The molecule has 0 amide bonds. The third kappa shape index (κ3) is 2.37. The van der Waals surface area contributed by atoms with Crippen molar-refractivity contribution in [1.82, 2.24) is 4.98 Å². The predicted molar refractivity (Wildman–Crippen MR) is 33.7 cm³/mol. The normalized spacial score (nSPS) is 10.1. The average Bonchev–Trinajstić information content (AvgIpc) is 1.93. The molecule has 0 bridgehead atoms. The molecule has 1 aromatic heterocycles. The smallest absolute Gasteiger partial charge is 0.387 e. The highest BCUT2D eigenvalue weighted by Gasteiger charge is 2.02. The van der Waals surface area contributed by atoms with Gasteiger partial charge >= 0.3 is 6.61 Å². The van der Waals surface area contributed by atoms with E-state index in [1.54, 1.807) is 0 Å². The van der Waals surface area contributed by atoms with Crippen LogP contribution in [-0.4, -0.2) is 11.6 Å². The van der Waals surface area contributed by atoms with Gasteiger partial charge in [-0.25, -0.2) is 0 Å². The lowest BCUT2D eigenvalue weighted by Gasteiger charge is -2.01. The van der Waals surface area contributed by atoms with Crippen LogP contribution in [0.2, 0.25) is 0 Å². The zero-order valence-corrected chi connectivity index (χ0v) is 5.38. The Morgan fingerprint density at radius 2 is 2.18 bits per heavy atom. The van der Waals surface area contributed by atoms with Crippen LogP contribution in [0, 0.1) is 0 Å². The first kappa shape index (κ1) is 7.71. The quantitative estimate of drug-likeness (QED) is 0.702. The van der Waals surface area contributed by atoms with E-state index in [0.29, 0.717) is 0 Å². The summed E-state index contributed by atoms with van der Waals surface area (Å²) in [5.74, 6) is -0.0559. The number of pyridine rings is 1. The summed E-state index contributed by atoms with van der Waals surface area (Å²) in [6, 6.07) is 2.28. The number of halogens is 2. The van der Waals surface area contributed by atoms with Crippen LogP contribution in [0.3, 0.4) is 0 Å². The van der Waals surface area contributed by atoms with E-state index in [2.05, 4.69) is 9.72 Å². The SMILES string of the molecule is O=c1ccc(OC(F)F)c[nH]1. The fraction of sp³-hybridized carbons (Fsp3) is 0.167. The van der Waals surface area contributed by atoms with Crippen LogP contribution in [0.5, 0.6) is 5.75 Å². The van der Waals surface area contributed by atoms with Gasteiger partial charge in [0.1, 0.15) is 5.75 Å². The maximum Gasteiger partial charge on any atom is 0.387 e. The molecule has 0 atom stereocenters. The van der Waals surface area contributed by atoms with Crippen LogP contribution in [-0.2, 0) is 0 Å². The number of aromatic amines is 1. The summed E-state index contributed by atoms with van der Waals surface area (Å²) in [4.78, 5) is 12.6. The van der Waals surface area contributed by atoms with Crippen LogP contribution in [0.4, 0.5) is 8.78 Å². The van der Waals surface area contributed by atoms with Gasteiger partial charge in [-0.2, -0.15) is 8.78 Å². The Bertz CT molecular complexity index is 264. The Hall–Kier alpha value is -1.39. The van der Waals surface area contributed by atoms with Gasteiger partial charge in [0.2, 0.25) is 5.56 Å². The van der Waals surface area contributed by atoms with Crippen molar-refractivity contribution in [3.05, 3.63) is 28.7 Å². The van der Waals surface area contributed by atoms with E-state index in [1.807, 2.05) is 0 Å². The van der Waals surface area contributed by atoms with Gasteiger partial charge in [-0.05, 0) is 6.07 Å². The molecule has 0 radical (unpaired) electrons. The molecule has 0 aliphatic rings. The molecule has 0 saturated carbocycles. The summed E-state index contributed by atoms with van der Waals surface area (Å²) >= 11 is 0. The minimum Gasteiger partial charge on any atom is -0.433 e. The van der Waals surface area contributed by atoms with Gasteiger partial charge in [0, 0.05) is 12.3 Å². The molecular formula is C6H5F2NO2. The molecule has 5 heteroatoms. The first-order valence-corrected chi connectivity index (χ1v) is 2.82. The number of ether oxygens (including phenoxy) is 1. The molecule has 1 rings (SSSR count). The summed E-state index contributed by atoms with van der Waals surface area (Å²) in [5, 5.41) is 0. The highest BCUT2D eigenvalue weighted by Crippen LogP contribution is 2.08. The Labute approximate surface area is 60.6 Å². The van der Waals surface area contributed by atoms with E-state index in [4.69, 9.17) is 0 Å². The van der Waals surface area contributed by atoms with E-state index < -0.39 is 6.61 Å². The highest BCUT2D eigenvalue weighted by molar-refractivity contribution is 5.15. The molecule has 1 N–H and O–H groups in total. The van der Waals surface area contributed by atoms with Crippen molar-refractivity contribution in [2.45, 2.75) is 6.61 Å². The lowest BCUT2D eigenvalue weighted by Crippen LogP contribution is -2.06. The molecule has 0 aliphatic heterocycles. The predicted octanol–water partition coefficient (Wildman–Crippen LogP) is 0.976. The molecule has 0 unspecified atom stereocenters. The van der Waals surface area contributed by atoms with Crippen LogP contribution in [0.15, 0.2) is 23.1 Å². The maximum atomic E-state index is 11.5. The van der Waals surface area contributed by atoms with E-state index >= 15 is 0 Å². The minimum atomic E-state index is -2.86. The standard InChI is InChI=1S/C6H5F2NO2/c7-6(8)11-4-1-2-5(10)9-3-4/h1-3,6H,(H,9,10). The van der Waals surface area contributed by atoms with Gasteiger partial charge in [0.25, 0.3) is 0 Å². The molecular weight excluding hydrogens is 156 g/mol. The van der Waals surface area contributed by atoms with Gasteiger partial charge in [0.15, 0.2) is 0 Å². The molecule has 1 aromatic rings. The van der Waals surface area contributed by atoms with E-state index in [9.17, 15) is 13.6 Å². The number of alkyl halides is 2. The molecule has 1 heterocycles. The zero-order chi connectivity index (χ0) is 8.27. The number of hydrogen-bond acceptors (Lipinski definition) is 2. The Morgan fingerprint density at radius 1 is 1.45 bits per heavy atom. The Morgan fingerprint density at radius 3 is 2.64 bits per heavy atom. The van der Waals surface area contributed by atoms with E-state index in [-0.39, 0.29) is 11.3 Å². The number of hydrogen-bond donors (Lipinski definition) is 1. The van der Waals surface area contributed by atoms with Gasteiger partial charge < -0.3 is 9.72 Å². The number of rotatable bonds is 2.